The summed E-state index contributed by atoms with van der Waals surface area (Å²) >= 11 is 0. The molecule has 0 spiro atoms. The molecule has 86 valence electrons. The number of aromatic nitrogens is 1. The lowest BCUT2D eigenvalue weighted by Gasteiger charge is -2.15. The quantitative estimate of drug-likeness (QED) is 0.765. The number of likely N-dealkylation sites (tertiary alicyclic amines) is 1. The van der Waals surface area contributed by atoms with Gasteiger partial charge in [-0.3, -0.25) is 9.78 Å². The zero-order valence-corrected chi connectivity index (χ0v) is 8.70. The maximum atomic E-state index is 12.9. The first-order chi connectivity index (χ1) is 7.57. The Labute approximate surface area is 92.1 Å². The van der Waals surface area contributed by atoms with Crippen molar-refractivity contribution in [2.75, 3.05) is 13.1 Å². The fourth-order valence-electron chi connectivity index (χ4n) is 1.74. The van der Waals surface area contributed by atoms with Crippen LogP contribution >= 0.6 is 0 Å². The minimum absolute atomic E-state index is 0.150. The molecule has 2 heterocycles. The molecule has 3 nitrogen and oxygen atoms in total. The number of rotatable bonds is 2. The second-order valence-corrected chi connectivity index (χ2v) is 3.95. The Hall–Kier alpha value is -1.52. The average Bonchev–Trinajstić information content (AvgIpc) is 2.60. The van der Waals surface area contributed by atoms with Crippen molar-refractivity contribution >= 4 is 5.91 Å². The van der Waals surface area contributed by atoms with Crippen molar-refractivity contribution in [3.05, 3.63) is 30.1 Å². The van der Waals surface area contributed by atoms with Gasteiger partial charge in [0.25, 0.3) is 5.92 Å². The molecular formula is C11H12F2N2O. The highest BCUT2D eigenvalue weighted by Gasteiger charge is 2.39. The van der Waals surface area contributed by atoms with Gasteiger partial charge in [0.1, 0.15) is 0 Å². The van der Waals surface area contributed by atoms with Gasteiger partial charge in [-0.25, -0.2) is 8.78 Å². The molecular weight excluding hydrogens is 214 g/mol. The Morgan fingerprint density at radius 2 is 2.12 bits per heavy atom. The number of nitrogens with zero attached hydrogens (tertiary/aromatic N) is 2. The summed E-state index contributed by atoms with van der Waals surface area (Å²) < 4.78 is 25.8. The molecule has 0 aliphatic carbocycles. The van der Waals surface area contributed by atoms with E-state index in [1.54, 1.807) is 24.5 Å². The number of alkyl halides is 2. The van der Waals surface area contributed by atoms with Crippen LogP contribution in [0.1, 0.15) is 12.0 Å². The van der Waals surface area contributed by atoms with Crippen molar-refractivity contribution in [1.82, 2.24) is 9.88 Å². The van der Waals surface area contributed by atoms with Crippen LogP contribution in [0.5, 0.6) is 0 Å². The van der Waals surface area contributed by atoms with Gasteiger partial charge < -0.3 is 4.90 Å². The lowest BCUT2D eigenvalue weighted by atomic mass is 10.2. The smallest absolute Gasteiger partial charge is 0.267 e. The van der Waals surface area contributed by atoms with Crippen LogP contribution in [0, 0.1) is 0 Å². The van der Waals surface area contributed by atoms with Crippen molar-refractivity contribution in [3.63, 3.8) is 0 Å². The van der Waals surface area contributed by atoms with E-state index in [-0.39, 0.29) is 25.3 Å². The highest BCUT2D eigenvalue weighted by Crippen LogP contribution is 2.27. The monoisotopic (exact) mass is 226 g/mol. The molecule has 0 atom stereocenters. The minimum atomic E-state index is -2.71. The number of hydrogen-bond acceptors (Lipinski definition) is 2. The first kappa shape index (κ1) is 11.0. The first-order valence-corrected chi connectivity index (χ1v) is 5.11. The standard InChI is InChI=1S/C11H12F2N2O/c12-11(13)3-6-15(8-11)10(16)7-9-1-4-14-5-2-9/h1-2,4-5H,3,6-8H2. The van der Waals surface area contributed by atoms with Crippen LogP contribution in [0.4, 0.5) is 8.78 Å². The lowest BCUT2D eigenvalue weighted by Crippen LogP contribution is -2.32. The average molecular weight is 226 g/mol. The molecule has 0 bridgehead atoms. The van der Waals surface area contributed by atoms with E-state index in [0.717, 1.165) is 5.56 Å². The van der Waals surface area contributed by atoms with Crippen LogP contribution in [0.2, 0.25) is 0 Å². The molecule has 1 aromatic heterocycles. The van der Waals surface area contributed by atoms with E-state index in [1.165, 1.54) is 4.90 Å². The Kier molecular flexibility index (Phi) is 2.85. The van der Waals surface area contributed by atoms with Gasteiger partial charge in [0.2, 0.25) is 5.91 Å². The Morgan fingerprint density at radius 1 is 1.44 bits per heavy atom. The Bertz CT molecular complexity index is 381. The summed E-state index contributed by atoms with van der Waals surface area (Å²) in [6.07, 6.45) is 3.11. The van der Waals surface area contributed by atoms with Gasteiger partial charge >= 0.3 is 0 Å². The third-order valence-electron chi connectivity index (χ3n) is 2.63. The van der Waals surface area contributed by atoms with Crippen LogP contribution in [0.3, 0.4) is 0 Å². The molecule has 0 radical (unpaired) electrons. The fraction of sp³-hybridized carbons (Fsp3) is 0.455. The van der Waals surface area contributed by atoms with Gasteiger partial charge in [0, 0.05) is 25.4 Å². The van der Waals surface area contributed by atoms with Crippen molar-refractivity contribution in [3.8, 4) is 0 Å². The van der Waals surface area contributed by atoms with E-state index in [2.05, 4.69) is 4.98 Å². The van der Waals surface area contributed by atoms with Crippen LogP contribution in [0.25, 0.3) is 0 Å². The van der Waals surface area contributed by atoms with E-state index >= 15 is 0 Å². The topological polar surface area (TPSA) is 33.2 Å². The number of halogens is 2. The maximum absolute atomic E-state index is 12.9. The van der Waals surface area contributed by atoms with Gasteiger partial charge in [-0.2, -0.15) is 0 Å². The van der Waals surface area contributed by atoms with Crippen LogP contribution in [-0.2, 0) is 11.2 Å². The molecule has 0 N–H and O–H groups in total. The molecule has 1 aliphatic rings. The van der Waals surface area contributed by atoms with Crippen molar-refractivity contribution in [2.45, 2.75) is 18.8 Å². The summed E-state index contributed by atoms with van der Waals surface area (Å²) in [5, 5.41) is 0. The predicted octanol–water partition coefficient (Wildman–Crippen LogP) is 1.49. The molecule has 1 aromatic rings. The minimum Gasteiger partial charge on any atom is -0.336 e. The fourth-order valence-corrected chi connectivity index (χ4v) is 1.74. The van der Waals surface area contributed by atoms with Crippen LogP contribution in [0.15, 0.2) is 24.5 Å². The third kappa shape index (κ3) is 2.53. The van der Waals surface area contributed by atoms with E-state index in [4.69, 9.17) is 0 Å². The normalized spacial score (nSPS) is 18.8. The van der Waals surface area contributed by atoms with E-state index < -0.39 is 12.5 Å². The summed E-state index contributed by atoms with van der Waals surface area (Å²) in [7, 11) is 0. The van der Waals surface area contributed by atoms with Crippen LogP contribution in [-0.4, -0.2) is 34.8 Å². The highest BCUT2D eigenvalue weighted by molar-refractivity contribution is 5.79. The summed E-state index contributed by atoms with van der Waals surface area (Å²) in [6, 6.07) is 3.43. The zero-order chi connectivity index (χ0) is 11.6. The summed E-state index contributed by atoms with van der Waals surface area (Å²) in [5.74, 6) is -2.96. The molecule has 2 rings (SSSR count). The van der Waals surface area contributed by atoms with E-state index in [9.17, 15) is 13.6 Å². The van der Waals surface area contributed by atoms with Crippen molar-refractivity contribution < 1.29 is 13.6 Å². The predicted molar refractivity (Wildman–Crippen MR) is 54.1 cm³/mol. The number of amides is 1. The zero-order valence-electron chi connectivity index (χ0n) is 8.70. The van der Waals surface area contributed by atoms with Gasteiger partial charge in [0.15, 0.2) is 0 Å². The molecule has 1 aliphatic heterocycles. The molecule has 1 amide bonds. The SMILES string of the molecule is O=C(Cc1ccncc1)N1CCC(F)(F)C1. The summed E-state index contributed by atoms with van der Waals surface area (Å²) in [4.78, 5) is 16.7. The molecule has 5 heteroatoms. The number of carbonyl (C=O) groups excluding carboxylic acids is 1. The van der Waals surface area contributed by atoms with E-state index in [1.807, 2.05) is 0 Å². The van der Waals surface area contributed by atoms with Gasteiger partial charge in [-0.1, -0.05) is 0 Å². The first-order valence-electron chi connectivity index (χ1n) is 5.11. The van der Waals surface area contributed by atoms with Gasteiger partial charge in [0.05, 0.1) is 13.0 Å². The van der Waals surface area contributed by atoms with Gasteiger partial charge in [-0.15, -0.1) is 0 Å². The Balaban J connectivity index is 1.95. The number of hydrogen-bond donors (Lipinski definition) is 0. The number of carbonyl (C=O) groups is 1. The third-order valence-corrected chi connectivity index (χ3v) is 2.63. The highest BCUT2D eigenvalue weighted by atomic mass is 19.3. The van der Waals surface area contributed by atoms with E-state index in [0.29, 0.717) is 0 Å². The molecule has 0 saturated carbocycles. The lowest BCUT2D eigenvalue weighted by molar-refractivity contribution is -0.130. The second kappa shape index (κ2) is 4.15. The largest absolute Gasteiger partial charge is 0.336 e. The molecule has 1 fully saturated rings. The van der Waals surface area contributed by atoms with Gasteiger partial charge in [-0.05, 0) is 17.7 Å². The molecule has 0 unspecified atom stereocenters. The molecule has 0 aromatic carbocycles. The second-order valence-electron chi connectivity index (χ2n) is 3.95. The van der Waals surface area contributed by atoms with Crippen molar-refractivity contribution in [2.24, 2.45) is 0 Å². The summed E-state index contributed by atoms with van der Waals surface area (Å²) in [5.41, 5.74) is 0.801. The number of pyridine rings is 1. The van der Waals surface area contributed by atoms with Crippen LogP contribution < -0.4 is 0 Å². The maximum Gasteiger partial charge on any atom is 0.267 e. The Morgan fingerprint density at radius 3 is 2.69 bits per heavy atom. The molecule has 1 saturated heterocycles. The summed E-state index contributed by atoms with van der Waals surface area (Å²) in [6.45, 7) is -0.298. The molecule has 16 heavy (non-hydrogen) atoms. The van der Waals surface area contributed by atoms with Crippen molar-refractivity contribution in [1.29, 1.82) is 0 Å².